The third-order valence-corrected chi connectivity index (χ3v) is 5.59. The smallest absolute Gasteiger partial charge is 0.407 e. The predicted molar refractivity (Wildman–Crippen MR) is 95.2 cm³/mol. The number of rotatable bonds is 4. The number of esters is 1. The molecule has 25 heavy (non-hydrogen) atoms. The molecule has 1 aromatic rings. The quantitative estimate of drug-likeness (QED) is 0.824. The Bertz CT molecular complexity index is 670. The van der Waals surface area contributed by atoms with Gasteiger partial charge in [-0.2, -0.15) is 0 Å². The highest BCUT2D eigenvalue weighted by atomic mass is 32.1. The number of aryl methyl sites for hydroxylation is 1. The first kappa shape index (κ1) is 18.0. The number of nitrogens with zero attached hydrogens (tertiary/aromatic N) is 2. The van der Waals surface area contributed by atoms with Crippen molar-refractivity contribution in [3.8, 4) is 0 Å². The molecule has 7 nitrogen and oxygen atoms in total. The Labute approximate surface area is 151 Å². The van der Waals surface area contributed by atoms with E-state index in [1.165, 1.54) is 11.3 Å². The molecule has 2 fully saturated rings. The fourth-order valence-corrected chi connectivity index (χ4v) is 4.22. The molecule has 0 aromatic carbocycles. The van der Waals surface area contributed by atoms with E-state index in [2.05, 4.69) is 15.2 Å². The molecule has 2 aliphatic rings. The van der Waals surface area contributed by atoms with Crippen LogP contribution in [0.15, 0.2) is 0 Å². The Hall–Kier alpha value is -1.83. The lowest BCUT2D eigenvalue weighted by Crippen LogP contribution is -2.38. The number of ether oxygens (including phenoxy) is 2. The summed E-state index contributed by atoms with van der Waals surface area (Å²) in [6.07, 6.45) is -0.354. The lowest BCUT2D eigenvalue weighted by Gasteiger charge is -2.22. The summed E-state index contributed by atoms with van der Waals surface area (Å²) in [5.74, 6) is 0.531. The maximum Gasteiger partial charge on any atom is 0.407 e. The van der Waals surface area contributed by atoms with Crippen molar-refractivity contribution in [2.75, 3.05) is 24.6 Å². The van der Waals surface area contributed by atoms with Gasteiger partial charge in [-0.05, 0) is 34.6 Å². The van der Waals surface area contributed by atoms with Crippen molar-refractivity contribution < 1.29 is 19.1 Å². The Morgan fingerprint density at radius 2 is 1.96 bits per heavy atom. The molecule has 1 unspecified atom stereocenters. The van der Waals surface area contributed by atoms with E-state index in [1.807, 2.05) is 27.7 Å². The number of alkyl carbamates (subject to hydrolysis) is 1. The molecule has 1 aliphatic carbocycles. The second kappa shape index (κ2) is 6.48. The number of nitrogens with one attached hydrogen (secondary N) is 1. The normalized spacial score (nSPS) is 24.7. The van der Waals surface area contributed by atoms with E-state index >= 15 is 0 Å². The van der Waals surface area contributed by atoms with E-state index in [9.17, 15) is 9.59 Å². The molecular formula is C17H25N3O4S. The summed E-state index contributed by atoms with van der Waals surface area (Å²) < 4.78 is 10.4. The predicted octanol–water partition coefficient (Wildman–Crippen LogP) is 2.59. The van der Waals surface area contributed by atoms with Gasteiger partial charge >= 0.3 is 12.1 Å². The first-order chi connectivity index (χ1) is 11.7. The number of carbonyl (C=O) groups excluding carboxylic acids is 2. The molecule has 138 valence electrons. The van der Waals surface area contributed by atoms with E-state index in [0.717, 1.165) is 18.2 Å². The van der Waals surface area contributed by atoms with E-state index in [1.54, 1.807) is 6.92 Å². The number of anilines is 1. The standard InChI is InChI=1S/C17H25N3O4S/c1-6-23-14(21)13-9(2)18-15(25-13)20-7-10-11(8-20)12(10)19-16(22)24-17(3,4)5/h10-12H,6-8H2,1-5H3,(H,19,22)/t10-,11+,12?. The van der Waals surface area contributed by atoms with Crippen LogP contribution in [0.5, 0.6) is 0 Å². The van der Waals surface area contributed by atoms with Gasteiger partial charge in [-0.3, -0.25) is 0 Å². The monoisotopic (exact) mass is 367 g/mol. The molecule has 1 saturated carbocycles. The van der Waals surface area contributed by atoms with E-state index in [-0.39, 0.29) is 18.1 Å². The van der Waals surface area contributed by atoms with Crippen LogP contribution in [-0.2, 0) is 9.47 Å². The first-order valence-electron chi connectivity index (χ1n) is 8.58. The summed E-state index contributed by atoms with van der Waals surface area (Å²) in [4.78, 5) is 31.1. The second-order valence-electron chi connectivity index (χ2n) is 7.54. The molecule has 1 aromatic heterocycles. The minimum Gasteiger partial charge on any atom is -0.462 e. The first-order valence-corrected chi connectivity index (χ1v) is 9.40. The van der Waals surface area contributed by atoms with Crippen LogP contribution >= 0.6 is 11.3 Å². The van der Waals surface area contributed by atoms with E-state index in [0.29, 0.717) is 29.0 Å². The van der Waals surface area contributed by atoms with Crippen LogP contribution in [0.3, 0.4) is 0 Å². The highest BCUT2D eigenvalue weighted by Crippen LogP contribution is 2.47. The molecule has 8 heteroatoms. The van der Waals surface area contributed by atoms with Crippen molar-refractivity contribution in [1.82, 2.24) is 10.3 Å². The van der Waals surface area contributed by atoms with Gasteiger partial charge in [0.05, 0.1) is 12.3 Å². The zero-order chi connectivity index (χ0) is 18.4. The number of hydrogen-bond donors (Lipinski definition) is 1. The molecule has 0 radical (unpaired) electrons. The summed E-state index contributed by atoms with van der Waals surface area (Å²) in [6.45, 7) is 11.2. The van der Waals surface area contributed by atoms with Gasteiger partial charge in [-0.25, -0.2) is 14.6 Å². The minimum absolute atomic E-state index is 0.177. The third-order valence-electron chi connectivity index (χ3n) is 4.39. The molecule has 3 atom stereocenters. The number of thiazole rings is 1. The minimum atomic E-state index is -0.484. The maximum atomic E-state index is 11.9. The Balaban J connectivity index is 1.54. The van der Waals surface area contributed by atoms with Gasteiger partial charge in [0, 0.05) is 31.0 Å². The van der Waals surface area contributed by atoms with Crippen molar-refractivity contribution in [3.05, 3.63) is 10.6 Å². The SMILES string of the molecule is CCOC(=O)c1sc(N2C[C@@H]3C(NC(=O)OC(C)(C)C)[C@@H]3C2)nc1C. The molecule has 0 bridgehead atoms. The lowest BCUT2D eigenvalue weighted by atomic mass is 10.2. The molecule has 1 amide bonds. The summed E-state index contributed by atoms with van der Waals surface area (Å²) in [5, 5.41) is 3.81. The molecular weight excluding hydrogens is 342 g/mol. The lowest BCUT2D eigenvalue weighted by molar-refractivity contribution is 0.0512. The summed E-state index contributed by atoms with van der Waals surface area (Å²) >= 11 is 1.38. The fraction of sp³-hybridized carbons (Fsp3) is 0.706. The van der Waals surface area contributed by atoms with Crippen molar-refractivity contribution in [1.29, 1.82) is 0 Å². The maximum absolute atomic E-state index is 11.9. The molecule has 2 heterocycles. The van der Waals surface area contributed by atoms with Crippen LogP contribution in [-0.4, -0.2) is 48.4 Å². The summed E-state index contributed by atoms with van der Waals surface area (Å²) in [5.41, 5.74) is 0.227. The summed E-state index contributed by atoms with van der Waals surface area (Å²) in [7, 11) is 0. The molecule has 0 spiro atoms. The zero-order valence-corrected chi connectivity index (χ0v) is 16.1. The van der Waals surface area contributed by atoms with Crippen LogP contribution in [0.25, 0.3) is 0 Å². The number of aromatic nitrogens is 1. The largest absolute Gasteiger partial charge is 0.462 e. The van der Waals surface area contributed by atoms with Gasteiger partial charge in [0.15, 0.2) is 5.13 Å². The van der Waals surface area contributed by atoms with E-state index < -0.39 is 5.60 Å². The molecule has 1 aliphatic heterocycles. The summed E-state index contributed by atoms with van der Waals surface area (Å²) in [6, 6.07) is 0.177. The number of piperidine rings is 1. The van der Waals surface area contributed by atoms with Gasteiger partial charge < -0.3 is 19.7 Å². The number of amides is 1. The van der Waals surface area contributed by atoms with Crippen molar-refractivity contribution in [2.24, 2.45) is 11.8 Å². The van der Waals surface area contributed by atoms with Crippen molar-refractivity contribution >= 4 is 28.5 Å². The van der Waals surface area contributed by atoms with E-state index in [4.69, 9.17) is 9.47 Å². The van der Waals surface area contributed by atoms with Gasteiger partial charge in [0.1, 0.15) is 10.5 Å². The van der Waals surface area contributed by atoms with Gasteiger partial charge in [0.25, 0.3) is 0 Å². The van der Waals surface area contributed by atoms with Crippen LogP contribution in [0, 0.1) is 18.8 Å². The van der Waals surface area contributed by atoms with Gasteiger partial charge in [0.2, 0.25) is 0 Å². The van der Waals surface area contributed by atoms with Crippen molar-refractivity contribution in [2.45, 2.75) is 46.3 Å². The van der Waals surface area contributed by atoms with Crippen LogP contribution in [0.4, 0.5) is 9.93 Å². The number of hydrogen-bond acceptors (Lipinski definition) is 7. The molecule has 3 rings (SSSR count). The number of fused-ring (bicyclic) bond motifs is 1. The Morgan fingerprint density at radius 1 is 1.32 bits per heavy atom. The topological polar surface area (TPSA) is 80.8 Å². The number of carbonyl (C=O) groups is 2. The van der Waals surface area contributed by atoms with Crippen LogP contribution in [0.1, 0.15) is 43.1 Å². The highest BCUT2D eigenvalue weighted by Gasteiger charge is 2.57. The Morgan fingerprint density at radius 3 is 2.52 bits per heavy atom. The van der Waals surface area contributed by atoms with Gasteiger partial charge in [-0.1, -0.05) is 11.3 Å². The molecule has 1 saturated heterocycles. The Kier molecular flexibility index (Phi) is 4.66. The van der Waals surface area contributed by atoms with Crippen LogP contribution in [0.2, 0.25) is 0 Å². The third kappa shape index (κ3) is 3.89. The fourth-order valence-electron chi connectivity index (χ4n) is 3.24. The second-order valence-corrected chi connectivity index (χ2v) is 8.51. The zero-order valence-electron chi connectivity index (χ0n) is 15.3. The van der Waals surface area contributed by atoms with Crippen molar-refractivity contribution in [3.63, 3.8) is 0 Å². The average Bonchev–Trinajstić information content (AvgIpc) is 2.88. The average molecular weight is 367 g/mol. The van der Waals surface area contributed by atoms with Gasteiger partial charge in [-0.15, -0.1) is 0 Å². The highest BCUT2D eigenvalue weighted by molar-refractivity contribution is 7.17. The molecule has 1 N–H and O–H groups in total. The van der Waals surface area contributed by atoms with Crippen LogP contribution < -0.4 is 10.2 Å².